The van der Waals surface area contributed by atoms with Crippen molar-refractivity contribution in [2.75, 3.05) is 40.0 Å². The Hall–Kier alpha value is -3.16. The second kappa shape index (κ2) is 10.6. The number of rotatable bonds is 8. The molecule has 0 aliphatic carbocycles. The summed E-state index contributed by atoms with van der Waals surface area (Å²) in [6.45, 7) is 8.07. The normalized spacial score (nSPS) is 15.2. The predicted molar refractivity (Wildman–Crippen MR) is 128 cm³/mol. The van der Waals surface area contributed by atoms with Gasteiger partial charge in [0.15, 0.2) is 0 Å². The number of aryl methyl sites for hydroxylation is 1. The van der Waals surface area contributed by atoms with E-state index in [1.54, 1.807) is 7.11 Å². The number of morpholine rings is 1. The van der Waals surface area contributed by atoms with Gasteiger partial charge in [0, 0.05) is 25.3 Å². The molecule has 2 aromatic carbocycles. The zero-order valence-electron chi connectivity index (χ0n) is 19.6. The van der Waals surface area contributed by atoms with Gasteiger partial charge in [0.25, 0.3) is 5.91 Å². The molecule has 0 radical (unpaired) electrons. The molecule has 174 valence electrons. The average molecular weight is 449 g/mol. The van der Waals surface area contributed by atoms with Crippen molar-refractivity contribution in [2.45, 2.75) is 26.4 Å². The highest BCUT2D eigenvalue weighted by Gasteiger charge is 2.25. The molecule has 0 saturated carbocycles. The van der Waals surface area contributed by atoms with E-state index in [-0.39, 0.29) is 11.9 Å². The molecule has 1 amide bonds. The van der Waals surface area contributed by atoms with Gasteiger partial charge >= 0.3 is 0 Å². The first-order valence-electron chi connectivity index (χ1n) is 11.4. The van der Waals surface area contributed by atoms with Crippen molar-refractivity contribution < 1.29 is 14.3 Å². The molecule has 1 aliphatic heterocycles. The third-order valence-corrected chi connectivity index (χ3v) is 6.23. The van der Waals surface area contributed by atoms with E-state index in [1.165, 1.54) is 0 Å². The molecule has 7 nitrogen and oxygen atoms in total. The number of nitrogens with one attached hydrogen (secondary N) is 1. The van der Waals surface area contributed by atoms with Crippen molar-refractivity contribution in [2.24, 2.45) is 0 Å². The Morgan fingerprint density at radius 1 is 1.09 bits per heavy atom. The number of methoxy groups -OCH3 is 1. The summed E-state index contributed by atoms with van der Waals surface area (Å²) in [6, 6.07) is 18.3. The quantitative estimate of drug-likeness (QED) is 0.572. The molecule has 1 N–H and O–H groups in total. The van der Waals surface area contributed by atoms with E-state index in [1.807, 2.05) is 48.9 Å². The van der Waals surface area contributed by atoms with Crippen LogP contribution >= 0.6 is 0 Å². The molecule has 33 heavy (non-hydrogen) atoms. The average Bonchev–Trinajstić information content (AvgIpc) is 3.13. The summed E-state index contributed by atoms with van der Waals surface area (Å²) in [5.41, 5.74) is 4.57. The molecule has 3 aromatic rings. The fourth-order valence-corrected chi connectivity index (χ4v) is 4.39. The van der Waals surface area contributed by atoms with E-state index in [0.717, 1.165) is 41.4 Å². The van der Waals surface area contributed by atoms with Crippen LogP contribution in [0.2, 0.25) is 0 Å². The number of carbonyl (C=O) groups is 1. The lowest BCUT2D eigenvalue weighted by Crippen LogP contribution is -2.44. The highest BCUT2D eigenvalue weighted by molar-refractivity contribution is 5.96. The Bertz CT molecular complexity index is 1060. The van der Waals surface area contributed by atoms with E-state index in [0.29, 0.717) is 31.9 Å². The van der Waals surface area contributed by atoms with Crippen molar-refractivity contribution >= 4 is 5.91 Å². The molecule has 2 heterocycles. The van der Waals surface area contributed by atoms with Crippen LogP contribution in [-0.4, -0.2) is 60.5 Å². The Morgan fingerprint density at radius 3 is 2.45 bits per heavy atom. The summed E-state index contributed by atoms with van der Waals surface area (Å²) in [4.78, 5) is 15.6. The third kappa shape index (κ3) is 5.43. The third-order valence-electron chi connectivity index (χ3n) is 6.23. The number of ether oxygens (including phenoxy) is 2. The lowest BCUT2D eigenvalue weighted by atomic mass is 10.0. The summed E-state index contributed by atoms with van der Waals surface area (Å²) in [7, 11) is 1.66. The molecule has 0 spiro atoms. The predicted octanol–water partition coefficient (Wildman–Crippen LogP) is 3.36. The highest BCUT2D eigenvalue weighted by Crippen LogP contribution is 2.24. The summed E-state index contributed by atoms with van der Waals surface area (Å²) in [6.07, 6.45) is 0. The van der Waals surface area contributed by atoms with Gasteiger partial charge in [-0.25, -0.2) is 0 Å². The van der Waals surface area contributed by atoms with Gasteiger partial charge in [0.2, 0.25) is 0 Å². The van der Waals surface area contributed by atoms with Gasteiger partial charge in [0.05, 0.1) is 44.2 Å². The second-order valence-corrected chi connectivity index (χ2v) is 8.34. The van der Waals surface area contributed by atoms with Crippen molar-refractivity contribution in [1.29, 1.82) is 0 Å². The number of amides is 1. The standard InChI is InChI=1S/C26H32N4O3/c1-19-25(20(2)30(28-19)18-21-7-5-4-6-8-21)26(31)27-17-24(29-13-15-33-16-14-29)22-9-11-23(32-3)12-10-22/h4-12,24H,13-18H2,1-3H3,(H,27,31)/t24-/m1/s1. The SMILES string of the molecule is COc1ccc([C@@H](CNC(=O)c2c(C)nn(Cc3ccccc3)c2C)N2CCOCC2)cc1. The number of hydrogen-bond acceptors (Lipinski definition) is 5. The molecule has 1 saturated heterocycles. The first kappa shape index (κ1) is 23.0. The van der Waals surface area contributed by atoms with Crippen LogP contribution in [0.5, 0.6) is 5.75 Å². The van der Waals surface area contributed by atoms with Crippen LogP contribution in [-0.2, 0) is 11.3 Å². The highest BCUT2D eigenvalue weighted by atomic mass is 16.5. The first-order valence-corrected chi connectivity index (χ1v) is 11.4. The molecular formula is C26H32N4O3. The summed E-state index contributed by atoms with van der Waals surface area (Å²) < 4.78 is 12.8. The van der Waals surface area contributed by atoms with Crippen LogP contribution in [0.15, 0.2) is 54.6 Å². The lowest BCUT2D eigenvalue weighted by molar-refractivity contribution is 0.0162. The summed E-state index contributed by atoms with van der Waals surface area (Å²) in [5, 5.41) is 7.81. The zero-order chi connectivity index (χ0) is 23.2. The molecule has 1 aromatic heterocycles. The van der Waals surface area contributed by atoms with Gasteiger partial charge < -0.3 is 14.8 Å². The van der Waals surface area contributed by atoms with Crippen LogP contribution in [0.25, 0.3) is 0 Å². The molecule has 7 heteroatoms. The number of aromatic nitrogens is 2. The maximum Gasteiger partial charge on any atom is 0.255 e. The lowest BCUT2D eigenvalue weighted by Gasteiger charge is -2.35. The topological polar surface area (TPSA) is 68.6 Å². The maximum atomic E-state index is 13.2. The van der Waals surface area contributed by atoms with Gasteiger partial charge in [-0.2, -0.15) is 5.10 Å². The van der Waals surface area contributed by atoms with Gasteiger partial charge in [-0.15, -0.1) is 0 Å². The number of hydrogen-bond donors (Lipinski definition) is 1. The number of nitrogens with zero attached hydrogens (tertiary/aromatic N) is 3. The van der Waals surface area contributed by atoms with Crippen molar-refractivity contribution in [3.8, 4) is 5.75 Å². The minimum atomic E-state index is -0.0870. The van der Waals surface area contributed by atoms with Gasteiger partial charge in [-0.05, 0) is 37.1 Å². The first-order chi connectivity index (χ1) is 16.1. The summed E-state index contributed by atoms with van der Waals surface area (Å²) in [5.74, 6) is 0.733. The van der Waals surface area contributed by atoms with Crippen LogP contribution in [0.1, 0.15) is 38.9 Å². The Morgan fingerprint density at radius 2 is 1.79 bits per heavy atom. The fraction of sp³-hybridized carbons (Fsp3) is 0.385. The largest absolute Gasteiger partial charge is 0.497 e. The van der Waals surface area contributed by atoms with Gasteiger partial charge in [-0.3, -0.25) is 14.4 Å². The monoisotopic (exact) mass is 448 g/mol. The number of benzene rings is 2. The molecule has 1 fully saturated rings. The van der Waals surface area contributed by atoms with E-state index in [9.17, 15) is 4.79 Å². The minimum Gasteiger partial charge on any atom is -0.497 e. The van der Waals surface area contributed by atoms with Crippen molar-refractivity contribution in [3.63, 3.8) is 0 Å². The van der Waals surface area contributed by atoms with Gasteiger partial charge in [-0.1, -0.05) is 42.5 Å². The Kier molecular flexibility index (Phi) is 7.42. The minimum absolute atomic E-state index is 0.0590. The van der Waals surface area contributed by atoms with E-state index in [4.69, 9.17) is 9.47 Å². The van der Waals surface area contributed by atoms with Crippen LogP contribution in [0.3, 0.4) is 0 Å². The molecule has 0 bridgehead atoms. The fourth-order valence-electron chi connectivity index (χ4n) is 4.39. The van der Waals surface area contributed by atoms with Crippen molar-refractivity contribution in [1.82, 2.24) is 20.0 Å². The van der Waals surface area contributed by atoms with E-state index < -0.39 is 0 Å². The number of carbonyl (C=O) groups excluding carboxylic acids is 1. The molecular weight excluding hydrogens is 416 g/mol. The second-order valence-electron chi connectivity index (χ2n) is 8.34. The molecule has 4 rings (SSSR count). The Balaban J connectivity index is 1.50. The van der Waals surface area contributed by atoms with E-state index >= 15 is 0 Å². The smallest absolute Gasteiger partial charge is 0.255 e. The van der Waals surface area contributed by atoms with Crippen LogP contribution in [0.4, 0.5) is 0 Å². The van der Waals surface area contributed by atoms with E-state index in [2.05, 4.69) is 39.6 Å². The van der Waals surface area contributed by atoms with Crippen molar-refractivity contribution in [3.05, 3.63) is 82.7 Å². The summed E-state index contributed by atoms with van der Waals surface area (Å²) >= 11 is 0. The van der Waals surface area contributed by atoms with Crippen LogP contribution in [0, 0.1) is 13.8 Å². The molecule has 1 atom stereocenters. The zero-order valence-corrected chi connectivity index (χ0v) is 19.6. The van der Waals surface area contributed by atoms with Gasteiger partial charge in [0.1, 0.15) is 5.75 Å². The maximum absolute atomic E-state index is 13.2. The molecule has 1 aliphatic rings. The molecule has 0 unspecified atom stereocenters. The van der Waals surface area contributed by atoms with Crippen LogP contribution < -0.4 is 10.1 Å². The Labute approximate surface area is 195 Å².